The fourth-order valence-electron chi connectivity index (χ4n) is 2.01. The first-order valence-corrected chi connectivity index (χ1v) is 7.42. The second-order valence-corrected chi connectivity index (χ2v) is 6.12. The smallest absolute Gasteiger partial charge is 0.273 e. The normalized spacial score (nSPS) is 11.6. The van der Waals surface area contributed by atoms with Gasteiger partial charge in [-0.3, -0.25) is 4.79 Å². The Bertz CT molecular complexity index is 818. The molecule has 0 radical (unpaired) electrons. The first kappa shape index (κ1) is 13.4. The van der Waals surface area contributed by atoms with Gasteiger partial charge in [0.15, 0.2) is 14.7 Å². The van der Waals surface area contributed by atoms with Crippen molar-refractivity contribution in [2.24, 2.45) is 0 Å². The third-order valence-electron chi connectivity index (χ3n) is 2.79. The summed E-state index contributed by atoms with van der Waals surface area (Å²) in [6, 6.07) is 6.59. The fourth-order valence-corrected chi connectivity index (χ4v) is 2.90. The molecule has 0 aliphatic rings. The monoisotopic (exact) mass is 279 g/mol. The number of sulfone groups is 1. The summed E-state index contributed by atoms with van der Waals surface area (Å²) in [7, 11) is -3.81. The van der Waals surface area contributed by atoms with Gasteiger partial charge in [-0.1, -0.05) is 18.2 Å². The van der Waals surface area contributed by atoms with Crippen LogP contribution in [-0.2, 0) is 16.4 Å². The molecule has 0 saturated heterocycles. The summed E-state index contributed by atoms with van der Waals surface area (Å²) in [5.41, 5.74) is -0.268. The number of hydrogen-bond donors (Lipinski definition) is 1. The first-order valence-electron chi connectivity index (χ1n) is 5.53. The van der Waals surface area contributed by atoms with Gasteiger partial charge in [0, 0.05) is 18.2 Å². The molecule has 1 aromatic carbocycles. The topological polar surface area (TPSA) is 76.4 Å². The summed E-state index contributed by atoms with van der Waals surface area (Å²) in [5.74, 6) is -0.497. The molecule has 2 aromatic rings. The number of allylic oxidation sites excluding steroid dienone is 1. The van der Waals surface area contributed by atoms with E-state index in [4.69, 9.17) is 0 Å². The van der Waals surface area contributed by atoms with Gasteiger partial charge in [-0.15, -0.1) is 6.58 Å². The van der Waals surface area contributed by atoms with E-state index < -0.39 is 26.0 Å². The first-order chi connectivity index (χ1) is 8.88. The van der Waals surface area contributed by atoms with E-state index in [0.29, 0.717) is 10.9 Å². The Hall–Kier alpha value is -2.08. The average Bonchev–Trinajstić information content (AvgIpc) is 2.33. The highest BCUT2D eigenvalue weighted by molar-refractivity contribution is 7.90. The summed E-state index contributed by atoms with van der Waals surface area (Å²) in [4.78, 5) is 11.6. The summed E-state index contributed by atoms with van der Waals surface area (Å²) < 4.78 is 24.6. The number of hydrogen-bond acceptors (Lipinski definition) is 4. The molecule has 0 aliphatic heterocycles. The molecule has 0 fully saturated rings. The summed E-state index contributed by atoms with van der Waals surface area (Å²) in [5, 5.41) is 10.4. The molecule has 0 aliphatic carbocycles. The lowest BCUT2D eigenvalue weighted by atomic mass is 10.2. The molecule has 0 spiro atoms. The van der Waals surface area contributed by atoms with Crippen LogP contribution in [0, 0.1) is 0 Å². The van der Waals surface area contributed by atoms with Gasteiger partial charge in [0.1, 0.15) is 5.75 Å². The van der Waals surface area contributed by atoms with Crippen molar-refractivity contribution in [2.75, 3.05) is 6.26 Å². The number of pyridine rings is 1. The van der Waals surface area contributed by atoms with E-state index in [0.717, 1.165) is 6.26 Å². The summed E-state index contributed by atoms with van der Waals surface area (Å²) >= 11 is 0. The Morgan fingerprint density at radius 1 is 1.37 bits per heavy atom. The minimum absolute atomic E-state index is 0.169. The summed E-state index contributed by atoms with van der Waals surface area (Å²) in [6.07, 6.45) is 2.40. The van der Waals surface area contributed by atoms with Gasteiger partial charge in [-0.25, -0.2) is 8.42 Å². The maximum Gasteiger partial charge on any atom is 0.273 e. The molecular formula is C13H13NO4S. The molecule has 19 heavy (non-hydrogen) atoms. The maximum absolute atomic E-state index is 12.2. The lowest BCUT2D eigenvalue weighted by Gasteiger charge is -2.12. The second-order valence-electron chi connectivity index (χ2n) is 4.17. The number of aromatic nitrogens is 1. The van der Waals surface area contributed by atoms with E-state index >= 15 is 0 Å². The minimum atomic E-state index is -3.81. The molecular weight excluding hydrogens is 266 g/mol. The lowest BCUT2D eigenvalue weighted by Crippen LogP contribution is -2.26. The maximum atomic E-state index is 12.2. The van der Waals surface area contributed by atoms with Gasteiger partial charge in [-0.05, 0) is 12.1 Å². The van der Waals surface area contributed by atoms with Crippen molar-refractivity contribution in [3.05, 3.63) is 47.3 Å². The zero-order valence-electron chi connectivity index (χ0n) is 10.3. The molecule has 1 aromatic heterocycles. The third-order valence-corrected chi connectivity index (χ3v) is 3.90. The SMILES string of the molecule is C=CCn1c(=O)c(S(C)(=O)=O)c(O)c2ccccc21. The van der Waals surface area contributed by atoms with Crippen molar-refractivity contribution >= 4 is 20.7 Å². The Labute approximate surface area is 110 Å². The molecule has 0 bridgehead atoms. The van der Waals surface area contributed by atoms with E-state index in [-0.39, 0.29) is 6.54 Å². The van der Waals surface area contributed by atoms with E-state index in [1.807, 2.05) is 0 Å². The van der Waals surface area contributed by atoms with E-state index in [1.54, 1.807) is 24.3 Å². The fraction of sp³-hybridized carbons (Fsp3) is 0.154. The van der Waals surface area contributed by atoms with Crippen LogP contribution in [0.4, 0.5) is 0 Å². The Morgan fingerprint density at radius 2 is 2.00 bits per heavy atom. The number of fused-ring (bicyclic) bond motifs is 1. The molecule has 1 N–H and O–H groups in total. The van der Waals surface area contributed by atoms with Crippen LogP contribution in [0.2, 0.25) is 0 Å². The van der Waals surface area contributed by atoms with Gasteiger partial charge in [0.25, 0.3) is 5.56 Å². The highest BCUT2D eigenvalue weighted by atomic mass is 32.2. The van der Waals surface area contributed by atoms with Crippen LogP contribution in [0.25, 0.3) is 10.9 Å². The van der Waals surface area contributed by atoms with Crippen LogP contribution in [0.3, 0.4) is 0 Å². The van der Waals surface area contributed by atoms with Gasteiger partial charge in [0.2, 0.25) is 0 Å². The molecule has 0 atom stereocenters. The number of nitrogens with zero attached hydrogens (tertiary/aromatic N) is 1. The minimum Gasteiger partial charge on any atom is -0.506 e. The number of benzene rings is 1. The molecule has 0 saturated carbocycles. The van der Waals surface area contributed by atoms with Crippen molar-refractivity contribution in [1.29, 1.82) is 0 Å². The van der Waals surface area contributed by atoms with Crippen molar-refractivity contribution in [3.8, 4) is 5.75 Å². The van der Waals surface area contributed by atoms with Crippen LogP contribution in [-0.4, -0.2) is 24.3 Å². The number of aromatic hydroxyl groups is 1. The van der Waals surface area contributed by atoms with Gasteiger partial charge >= 0.3 is 0 Å². The highest BCUT2D eigenvalue weighted by Crippen LogP contribution is 2.28. The quantitative estimate of drug-likeness (QED) is 0.859. The largest absolute Gasteiger partial charge is 0.506 e. The highest BCUT2D eigenvalue weighted by Gasteiger charge is 2.23. The molecule has 1 heterocycles. The predicted octanol–water partition coefficient (Wildman–Crippen LogP) is 1.30. The van der Waals surface area contributed by atoms with Crippen LogP contribution in [0.5, 0.6) is 5.75 Å². The van der Waals surface area contributed by atoms with E-state index in [9.17, 15) is 18.3 Å². The number of para-hydroxylation sites is 1. The molecule has 0 unspecified atom stereocenters. The van der Waals surface area contributed by atoms with Crippen molar-refractivity contribution < 1.29 is 13.5 Å². The van der Waals surface area contributed by atoms with Crippen molar-refractivity contribution in [1.82, 2.24) is 4.57 Å². The zero-order valence-corrected chi connectivity index (χ0v) is 11.1. The lowest BCUT2D eigenvalue weighted by molar-refractivity contribution is 0.460. The average molecular weight is 279 g/mol. The Kier molecular flexibility index (Phi) is 3.20. The van der Waals surface area contributed by atoms with Gasteiger partial charge in [-0.2, -0.15) is 0 Å². The van der Waals surface area contributed by atoms with Gasteiger partial charge in [0.05, 0.1) is 5.52 Å². The number of rotatable bonds is 3. The van der Waals surface area contributed by atoms with E-state index in [2.05, 4.69) is 6.58 Å². The third kappa shape index (κ3) is 2.15. The molecule has 100 valence electrons. The zero-order chi connectivity index (χ0) is 14.2. The Morgan fingerprint density at radius 3 is 2.58 bits per heavy atom. The van der Waals surface area contributed by atoms with Crippen molar-refractivity contribution in [3.63, 3.8) is 0 Å². The van der Waals surface area contributed by atoms with Crippen LogP contribution in [0.1, 0.15) is 0 Å². The second kappa shape index (κ2) is 4.55. The van der Waals surface area contributed by atoms with Crippen LogP contribution < -0.4 is 5.56 Å². The summed E-state index contributed by atoms with van der Waals surface area (Å²) in [6.45, 7) is 3.72. The standard InChI is InChI=1S/C13H13NO4S/c1-3-8-14-10-7-5-4-6-9(10)11(15)12(13(14)16)19(2,17)18/h3-7,15H,1,8H2,2H3. The van der Waals surface area contributed by atoms with Crippen LogP contribution >= 0.6 is 0 Å². The predicted molar refractivity (Wildman–Crippen MR) is 73.2 cm³/mol. The Balaban J connectivity index is 3.09. The van der Waals surface area contributed by atoms with E-state index in [1.165, 1.54) is 10.6 Å². The molecule has 0 amide bonds. The molecule has 5 nitrogen and oxygen atoms in total. The molecule has 2 rings (SSSR count). The van der Waals surface area contributed by atoms with Crippen LogP contribution in [0.15, 0.2) is 46.6 Å². The van der Waals surface area contributed by atoms with Gasteiger partial charge < -0.3 is 9.67 Å². The van der Waals surface area contributed by atoms with Crippen molar-refractivity contribution in [2.45, 2.75) is 11.4 Å². The molecule has 6 heteroatoms.